The van der Waals surface area contributed by atoms with Crippen LogP contribution in [0.1, 0.15) is 17.3 Å². The Kier molecular flexibility index (Phi) is 4.22. The van der Waals surface area contributed by atoms with Crippen LogP contribution in [-0.2, 0) is 9.53 Å². The summed E-state index contributed by atoms with van der Waals surface area (Å²) in [4.78, 5) is 23.5. The van der Waals surface area contributed by atoms with Gasteiger partial charge in [0, 0.05) is 16.5 Å². The number of phenols is 1. The lowest BCUT2D eigenvalue weighted by atomic mass is 10.1. The number of methoxy groups -OCH3 is 1. The van der Waals surface area contributed by atoms with E-state index < -0.39 is 5.97 Å². The van der Waals surface area contributed by atoms with Crippen LogP contribution < -0.4 is 4.74 Å². The van der Waals surface area contributed by atoms with Crippen molar-refractivity contribution in [3.05, 3.63) is 48.0 Å². The molecule has 6 heteroatoms. The number of thiophene rings is 1. The molecule has 3 rings (SSSR count). The minimum Gasteiger partial charge on any atom is -0.504 e. The van der Waals surface area contributed by atoms with Gasteiger partial charge < -0.3 is 14.6 Å². The van der Waals surface area contributed by atoms with E-state index >= 15 is 0 Å². The van der Waals surface area contributed by atoms with Crippen molar-refractivity contribution in [2.45, 2.75) is 6.92 Å². The Morgan fingerprint density at radius 1 is 1.08 bits per heavy atom. The number of carbonyl (C=O) groups is 2. The molecule has 122 valence electrons. The van der Waals surface area contributed by atoms with E-state index in [9.17, 15) is 14.7 Å². The topological polar surface area (TPSA) is 72.8 Å². The van der Waals surface area contributed by atoms with E-state index in [1.807, 2.05) is 12.1 Å². The minimum atomic E-state index is -0.491. The van der Waals surface area contributed by atoms with Gasteiger partial charge in [-0.05, 0) is 47.3 Å². The summed E-state index contributed by atoms with van der Waals surface area (Å²) in [6, 6.07) is 12.2. The SMILES string of the molecule is COC(=O)c1ccc2cc(-c3ccc(OC(C)=O)c(O)c3)sc2c1. The van der Waals surface area contributed by atoms with E-state index in [0.29, 0.717) is 5.56 Å². The molecule has 1 heterocycles. The highest BCUT2D eigenvalue weighted by molar-refractivity contribution is 7.22. The van der Waals surface area contributed by atoms with Gasteiger partial charge in [-0.2, -0.15) is 0 Å². The van der Waals surface area contributed by atoms with Gasteiger partial charge in [-0.25, -0.2) is 4.79 Å². The molecule has 0 fully saturated rings. The smallest absolute Gasteiger partial charge is 0.337 e. The number of esters is 2. The Morgan fingerprint density at radius 2 is 1.88 bits per heavy atom. The maximum absolute atomic E-state index is 11.6. The first-order chi connectivity index (χ1) is 11.5. The molecule has 5 nitrogen and oxygen atoms in total. The normalized spacial score (nSPS) is 10.6. The molecule has 0 saturated carbocycles. The quantitative estimate of drug-likeness (QED) is 0.575. The van der Waals surface area contributed by atoms with Crippen molar-refractivity contribution in [1.29, 1.82) is 0 Å². The predicted molar refractivity (Wildman–Crippen MR) is 91.6 cm³/mol. The first-order valence-electron chi connectivity index (χ1n) is 7.11. The van der Waals surface area contributed by atoms with Crippen molar-refractivity contribution in [2.75, 3.05) is 7.11 Å². The number of benzene rings is 2. The highest BCUT2D eigenvalue weighted by Crippen LogP contribution is 2.37. The molecule has 0 aliphatic rings. The molecule has 0 bridgehead atoms. The molecule has 3 aromatic rings. The highest BCUT2D eigenvalue weighted by Gasteiger charge is 2.12. The molecular weight excluding hydrogens is 328 g/mol. The average Bonchev–Trinajstić information content (AvgIpc) is 2.98. The monoisotopic (exact) mass is 342 g/mol. The van der Waals surface area contributed by atoms with Gasteiger partial charge in [0.25, 0.3) is 0 Å². The zero-order valence-corrected chi connectivity index (χ0v) is 13.8. The Hall–Kier alpha value is -2.86. The lowest BCUT2D eigenvalue weighted by Crippen LogP contribution is -2.01. The number of fused-ring (bicyclic) bond motifs is 1. The van der Waals surface area contributed by atoms with Gasteiger partial charge in [0.2, 0.25) is 0 Å². The first kappa shape index (κ1) is 16.0. The van der Waals surface area contributed by atoms with Crippen LogP contribution in [0.25, 0.3) is 20.5 Å². The number of hydrogen-bond donors (Lipinski definition) is 1. The summed E-state index contributed by atoms with van der Waals surface area (Å²) in [5.74, 6) is -0.846. The number of ether oxygens (including phenoxy) is 2. The van der Waals surface area contributed by atoms with Gasteiger partial charge in [-0.1, -0.05) is 6.07 Å². The number of hydrogen-bond acceptors (Lipinski definition) is 6. The van der Waals surface area contributed by atoms with E-state index in [2.05, 4.69) is 0 Å². The van der Waals surface area contributed by atoms with Gasteiger partial charge >= 0.3 is 11.9 Å². The summed E-state index contributed by atoms with van der Waals surface area (Å²) >= 11 is 1.49. The van der Waals surface area contributed by atoms with E-state index in [-0.39, 0.29) is 17.5 Å². The van der Waals surface area contributed by atoms with Crippen LogP contribution in [0.5, 0.6) is 11.5 Å². The Morgan fingerprint density at radius 3 is 2.54 bits per heavy atom. The van der Waals surface area contributed by atoms with Crippen LogP contribution in [0.2, 0.25) is 0 Å². The highest BCUT2D eigenvalue weighted by atomic mass is 32.1. The van der Waals surface area contributed by atoms with Crippen LogP contribution in [-0.4, -0.2) is 24.2 Å². The summed E-state index contributed by atoms with van der Waals surface area (Å²) in [6.45, 7) is 1.28. The van der Waals surface area contributed by atoms with Gasteiger partial charge in [-0.3, -0.25) is 4.79 Å². The fourth-order valence-corrected chi connectivity index (χ4v) is 3.43. The molecule has 0 aliphatic heterocycles. The van der Waals surface area contributed by atoms with Crippen molar-refractivity contribution < 1.29 is 24.2 Å². The third-order valence-electron chi connectivity index (χ3n) is 3.44. The number of aromatic hydroxyl groups is 1. The Labute approximate surface area is 142 Å². The zero-order valence-electron chi connectivity index (χ0n) is 13.0. The van der Waals surface area contributed by atoms with Gasteiger partial charge in [0.15, 0.2) is 11.5 Å². The van der Waals surface area contributed by atoms with Gasteiger partial charge in [0.05, 0.1) is 12.7 Å². The van der Waals surface area contributed by atoms with Crippen molar-refractivity contribution >= 4 is 33.4 Å². The summed E-state index contributed by atoms with van der Waals surface area (Å²) in [7, 11) is 1.35. The van der Waals surface area contributed by atoms with Crippen molar-refractivity contribution in [1.82, 2.24) is 0 Å². The number of rotatable bonds is 3. The second kappa shape index (κ2) is 6.33. The lowest BCUT2D eigenvalue weighted by Gasteiger charge is -2.05. The van der Waals surface area contributed by atoms with Crippen molar-refractivity contribution in [3.63, 3.8) is 0 Å². The summed E-state index contributed by atoms with van der Waals surface area (Å²) in [5.41, 5.74) is 1.29. The fraction of sp³-hybridized carbons (Fsp3) is 0.111. The Bertz CT molecular complexity index is 942. The second-order valence-corrected chi connectivity index (χ2v) is 6.21. The minimum absolute atomic E-state index is 0.101. The average molecular weight is 342 g/mol. The summed E-state index contributed by atoms with van der Waals surface area (Å²) in [6.07, 6.45) is 0. The van der Waals surface area contributed by atoms with E-state index in [1.54, 1.807) is 30.3 Å². The molecule has 0 radical (unpaired) electrons. The van der Waals surface area contributed by atoms with E-state index in [1.165, 1.54) is 25.4 Å². The number of phenolic OH excluding ortho intramolecular Hbond substituents is 1. The first-order valence-corrected chi connectivity index (χ1v) is 7.93. The van der Waals surface area contributed by atoms with Gasteiger partial charge in [-0.15, -0.1) is 11.3 Å². The Balaban J connectivity index is 1.99. The van der Waals surface area contributed by atoms with Gasteiger partial charge in [0.1, 0.15) is 0 Å². The van der Waals surface area contributed by atoms with Crippen LogP contribution in [0.15, 0.2) is 42.5 Å². The standard InChI is InChI=1S/C18H14O5S/c1-10(19)23-15-6-5-11(7-14(15)20)16-8-12-3-4-13(18(21)22-2)9-17(12)24-16/h3-9,20H,1-2H3. The molecular formula is C18H14O5S. The van der Waals surface area contributed by atoms with E-state index in [4.69, 9.17) is 9.47 Å². The van der Waals surface area contributed by atoms with E-state index in [0.717, 1.165) is 20.5 Å². The number of carbonyl (C=O) groups excluding carboxylic acids is 2. The molecule has 0 amide bonds. The third-order valence-corrected chi connectivity index (χ3v) is 4.59. The summed E-state index contributed by atoms with van der Waals surface area (Å²) in [5, 5.41) is 11.0. The molecule has 24 heavy (non-hydrogen) atoms. The largest absolute Gasteiger partial charge is 0.504 e. The summed E-state index contributed by atoms with van der Waals surface area (Å²) < 4.78 is 10.6. The lowest BCUT2D eigenvalue weighted by molar-refractivity contribution is -0.132. The molecule has 1 N–H and O–H groups in total. The third kappa shape index (κ3) is 3.09. The maximum atomic E-state index is 11.6. The van der Waals surface area contributed by atoms with Crippen LogP contribution in [0, 0.1) is 0 Å². The molecule has 0 spiro atoms. The van der Waals surface area contributed by atoms with Crippen LogP contribution in [0.4, 0.5) is 0 Å². The molecule has 0 atom stereocenters. The molecule has 0 saturated heterocycles. The zero-order chi connectivity index (χ0) is 17.3. The van der Waals surface area contributed by atoms with Crippen LogP contribution in [0.3, 0.4) is 0 Å². The molecule has 2 aromatic carbocycles. The maximum Gasteiger partial charge on any atom is 0.337 e. The van der Waals surface area contributed by atoms with Crippen LogP contribution >= 0.6 is 11.3 Å². The second-order valence-electron chi connectivity index (χ2n) is 5.13. The molecule has 0 unspecified atom stereocenters. The molecule has 1 aromatic heterocycles. The molecule has 0 aliphatic carbocycles. The van der Waals surface area contributed by atoms with Crippen molar-refractivity contribution in [3.8, 4) is 21.9 Å². The van der Waals surface area contributed by atoms with Crippen molar-refractivity contribution in [2.24, 2.45) is 0 Å². The fourth-order valence-electron chi connectivity index (χ4n) is 2.33. The predicted octanol–water partition coefficient (Wildman–Crippen LogP) is 3.99.